The van der Waals surface area contributed by atoms with E-state index in [2.05, 4.69) is 4.74 Å². The zero-order valence-corrected chi connectivity index (χ0v) is 12.4. The molecule has 1 saturated carbocycles. The molecule has 0 atom stereocenters. The molecule has 0 aromatic carbocycles. The molecule has 23 heavy (non-hydrogen) atoms. The first-order valence-electron chi connectivity index (χ1n) is 6.47. The first kappa shape index (κ1) is 20.0. The fourth-order valence-corrected chi connectivity index (χ4v) is 3.29. The van der Waals surface area contributed by atoms with E-state index in [1.807, 2.05) is 0 Å². The largest absolute Gasteiger partial charge is 0.748 e. The summed E-state index contributed by atoms with van der Waals surface area (Å²) in [5, 5.41) is 0. The van der Waals surface area contributed by atoms with Gasteiger partial charge in [-0.1, -0.05) is 12.8 Å². The third-order valence-corrected chi connectivity index (χ3v) is 4.27. The van der Waals surface area contributed by atoms with E-state index in [4.69, 9.17) is 0 Å². The minimum atomic E-state index is -6.31. The zero-order chi connectivity index (χ0) is 18.1. The van der Waals surface area contributed by atoms with Gasteiger partial charge in [0.25, 0.3) is 0 Å². The van der Waals surface area contributed by atoms with E-state index in [0.717, 1.165) is 0 Å². The number of alkyl halides is 6. The molecule has 12 heteroatoms. The van der Waals surface area contributed by atoms with Gasteiger partial charge in [0.05, 0.1) is 15.9 Å². The second-order valence-electron chi connectivity index (χ2n) is 5.35. The summed E-state index contributed by atoms with van der Waals surface area (Å²) in [4.78, 5) is 11.5. The summed E-state index contributed by atoms with van der Waals surface area (Å²) in [7, 11) is -5.99. The second-order valence-corrected chi connectivity index (χ2v) is 6.76. The topological polar surface area (TPSA) is 83.5 Å². The minimum Gasteiger partial charge on any atom is -0.748 e. The molecule has 0 aliphatic heterocycles. The van der Waals surface area contributed by atoms with Crippen LogP contribution in [0.1, 0.15) is 32.1 Å². The molecular weight excluding hydrogens is 358 g/mol. The van der Waals surface area contributed by atoms with Crippen LogP contribution in [0.3, 0.4) is 0 Å². The summed E-state index contributed by atoms with van der Waals surface area (Å²) in [5.41, 5.74) is -5.36. The van der Waals surface area contributed by atoms with Crippen molar-refractivity contribution in [3.63, 3.8) is 0 Å². The maximum atomic E-state index is 12.9. The third kappa shape index (κ3) is 4.96. The molecule has 0 heterocycles. The molecule has 0 aromatic rings. The van der Waals surface area contributed by atoms with E-state index in [1.165, 1.54) is 0 Å². The lowest BCUT2D eigenvalue weighted by molar-refractivity contribution is -0.361. The highest BCUT2D eigenvalue weighted by Crippen LogP contribution is 2.47. The minimum absolute atomic E-state index is 0.425. The molecule has 0 saturated heterocycles. The van der Waals surface area contributed by atoms with Crippen LogP contribution < -0.4 is 0 Å². The standard InChI is InChI=1S/C11H14F6O5S/c12-10(13,14)9(11(15,16)17,6-23(19,20)21)22-8(18)5-7-3-1-2-4-7/h7H,1-6H2,(H,19,20,21)/p-1. The van der Waals surface area contributed by atoms with E-state index < -0.39 is 52.1 Å². The molecule has 1 rings (SSSR count). The maximum absolute atomic E-state index is 12.9. The lowest BCUT2D eigenvalue weighted by Crippen LogP contribution is -2.63. The molecule has 0 radical (unpaired) electrons. The first-order valence-corrected chi connectivity index (χ1v) is 8.04. The number of carbonyl (C=O) groups excluding carboxylic acids is 1. The molecule has 1 fully saturated rings. The van der Waals surface area contributed by atoms with E-state index >= 15 is 0 Å². The van der Waals surface area contributed by atoms with Crippen molar-refractivity contribution in [2.24, 2.45) is 5.92 Å². The molecule has 0 unspecified atom stereocenters. The van der Waals surface area contributed by atoms with Crippen LogP contribution in [0.25, 0.3) is 0 Å². The van der Waals surface area contributed by atoms with Crippen molar-refractivity contribution >= 4 is 16.1 Å². The number of hydrogen-bond acceptors (Lipinski definition) is 5. The monoisotopic (exact) mass is 371 g/mol. The quantitative estimate of drug-likeness (QED) is 0.421. The average Bonchev–Trinajstić information content (AvgIpc) is 2.75. The van der Waals surface area contributed by atoms with Gasteiger partial charge in [-0.15, -0.1) is 0 Å². The van der Waals surface area contributed by atoms with Gasteiger partial charge < -0.3 is 9.29 Å². The number of carbonyl (C=O) groups is 1. The van der Waals surface area contributed by atoms with Crippen LogP contribution >= 0.6 is 0 Å². The van der Waals surface area contributed by atoms with Gasteiger partial charge in [-0.05, 0) is 18.8 Å². The zero-order valence-electron chi connectivity index (χ0n) is 11.5. The Labute approximate surface area is 127 Å². The Morgan fingerprint density at radius 1 is 1.04 bits per heavy atom. The number of halogens is 6. The Bertz CT molecular complexity index is 518. The Morgan fingerprint density at radius 3 is 1.83 bits per heavy atom. The molecule has 1 aliphatic carbocycles. The predicted octanol–water partition coefficient (Wildman–Crippen LogP) is 2.52. The summed E-state index contributed by atoms with van der Waals surface area (Å²) < 4.78 is 112. The smallest absolute Gasteiger partial charge is 0.438 e. The van der Waals surface area contributed by atoms with Crippen molar-refractivity contribution in [1.82, 2.24) is 0 Å². The van der Waals surface area contributed by atoms with Gasteiger partial charge in [0.2, 0.25) is 0 Å². The van der Waals surface area contributed by atoms with Gasteiger partial charge >= 0.3 is 23.9 Å². The summed E-state index contributed by atoms with van der Waals surface area (Å²) in [5.74, 6) is -5.22. The van der Waals surface area contributed by atoms with Crippen molar-refractivity contribution in [3.8, 4) is 0 Å². The van der Waals surface area contributed by atoms with Gasteiger partial charge in [0.1, 0.15) is 0 Å². The number of esters is 1. The second kappa shape index (κ2) is 6.46. The SMILES string of the molecule is O=C(CC1CCCC1)OC(CS(=O)(=O)[O-])(C(F)(F)F)C(F)(F)F. The van der Waals surface area contributed by atoms with E-state index in [1.54, 1.807) is 0 Å². The van der Waals surface area contributed by atoms with Crippen molar-refractivity contribution in [2.75, 3.05) is 5.75 Å². The molecule has 0 amide bonds. The summed E-state index contributed by atoms with van der Waals surface area (Å²) in [6.45, 7) is 0. The van der Waals surface area contributed by atoms with E-state index in [-0.39, 0.29) is 0 Å². The number of ether oxygens (including phenoxy) is 1. The van der Waals surface area contributed by atoms with Crippen LogP contribution in [-0.2, 0) is 19.6 Å². The fraction of sp³-hybridized carbons (Fsp3) is 0.909. The van der Waals surface area contributed by atoms with Crippen LogP contribution in [0.15, 0.2) is 0 Å². The van der Waals surface area contributed by atoms with Crippen LogP contribution in [0, 0.1) is 5.92 Å². The molecular formula is C11H13F6O5S-. The lowest BCUT2D eigenvalue weighted by atomic mass is 10.0. The average molecular weight is 371 g/mol. The maximum Gasteiger partial charge on any atom is 0.438 e. The highest BCUT2D eigenvalue weighted by Gasteiger charge is 2.75. The third-order valence-electron chi connectivity index (χ3n) is 3.51. The summed E-state index contributed by atoms with van der Waals surface area (Å²) in [6, 6.07) is 0. The normalized spacial score (nSPS) is 18.2. The van der Waals surface area contributed by atoms with Crippen molar-refractivity contribution in [1.29, 1.82) is 0 Å². The summed E-state index contributed by atoms with van der Waals surface area (Å²) >= 11 is 0. The molecule has 0 aromatic heterocycles. The van der Waals surface area contributed by atoms with Crippen molar-refractivity contribution in [2.45, 2.75) is 50.1 Å². The Morgan fingerprint density at radius 2 is 1.48 bits per heavy atom. The Kier molecular flexibility index (Phi) is 5.62. The molecule has 1 aliphatic rings. The van der Waals surface area contributed by atoms with Crippen LogP contribution in [0.2, 0.25) is 0 Å². The predicted molar refractivity (Wildman–Crippen MR) is 62.1 cm³/mol. The first-order chi connectivity index (χ1) is 10.2. The molecule has 0 N–H and O–H groups in total. The van der Waals surface area contributed by atoms with Gasteiger partial charge in [0, 0.05) is 6.42 Å². The lowest BCUT2D eigenvalue weighted by Gasteiger charge is -2.37. The summed E-state index contributed by atoms with van der Waals surface area (Å²) in [6.07, 6.45) is -11.1. The number of rotatable bonds is 5. The Hall–Kier alpha value is -1.04. The Balaban J connectivity index is 3.13. The van der Waals surface area contributed by atoms with Gasteiger partial charge in [0.15, 0.2) is 0 Å². The fourth-order valence-electron chi connectivity index (χ4n) is 2.40. The molecule has 0 spiro atoms. The van der Waals surface area contributed by atoms with Crippen molar-refractivity contribution in [3.05, 3.63) is 0 Å². The van der Waals surface area contributed by atoms with Gasteiger partial charge in [-0.2, -0.15) is 26.3 Å². The molecule has 0 bridgehead atoms. The highest BCUT2D eigenvalue weighted by molar-refractivity contribution is 7.85. The van der Waals surface area contributed by atoms with Gasteiger partial charge in [-0.3, -0.25) is 4.79 Å². The van der Waals surface area contributed by atoms with Crippen LogP contribution in [0.4, 0.5) is 26.3 Å². The highest BCUT2D eigenvalue weighted by atomic mass is 32.2. The molecule has 5 nitrogen and oxygen atoms in total. The van der Waals surface area contributed by atoms with Crippen LogP contribution in [0.5, 0.6) is 0 Å². The molecule has 136 valence electrons. The number of hydrogen-bond donors (Lipinski definition) is 0. The van der Waals surface area contributed by atoms with E-state index in [0.29, 0.717) is 25.7 Å². The van der Waals surface area contributed by atoms with Crippen LogP contribution in [-0.4, -0.2) is 42.6 Å². The van der Waals surface area contributed by atoms with Gasteiger partial charge in [-0.25, -0.2) is 8.42 Å². The van der Waals surface area contributed by atoms with E-state index in [9.17, 15) is 44.1 Å². The van der Waals surface area contributed by atoms with Crippen molar-refractivity contribution < 1.29 is 48.8 Å².